The average Bonchev–Trinajstić information content (AvgIpc) is 2.59. The van der Waals surface area contributed by atoms with Crippen LogP contribution in [0.1, 0.15) is 42.6 Å². The molecule has 3 N–H and O–H groups in total. The Labute approximate surface area is 95.0 Å². The molecule has 0 aliphatic heterocycles. The van der Waals surface area contributed by atoms with Gasteiger partial charge >= 0.3 is 0 Å². The lowest BCUT2D eigenvalue weighted by molar-refractivity contribution is 0.0918. The van der Waals surface area contributed by atoms with Crippen LogP contribution in [0.4, 0.5) is 5.82 Å². The third-order valence-electron chi connectivity index (χ3n) is 3.07. The first-order valence-electron chi connectivity index (χ1n) is 5.77. The van der Waals surface area contributed by atoms with Gasteiger partial charge in [-0.05, 0) is 12.8 Å². The molecular formula is C11H18N4O. The van der Waals surface area contributed by atoms with Gasteiger partial charge in [-0.3, -0.25) is 9.48 Å². The first-order chi connectivity index (χ1) is 7.66. The molecule has 1 amide bonds. The predicted molar refractivity (Wildman–Crippen MR) is 62.0 cm³/mol. The molecule has 5 heteroatoms. The summed E-state index contributed by atoms with van der Waals surface area (Å²) in [6, 6.07) is 1.93. The second kappa shape index (κ2) is 4.55. The number of carbonyl (C=O) groups is 1. The smallest absolute Gasteiger partial charge is 0.269 e. The molecule has 1 fully saturated rings. The van der Waals surface area contributed by atoms with E-state index in [4.69, 9.17) is 5.73 Å². The van der Waals surface area contributed by atoms with E-state index in [2.05, 4.69) is 10.4 Å². The van der Waals surface area contributed by atoms with E-state index in [0.717, 1.165) is 12.8 Å². The Bertz CT molecular complexity index is 379. The van der Waals surface area contributed by atoms with E-state index < -0.39 is 0 Å². The Morgan fingerprint density at radius 2 is 2.19 bits per heavy atom. The monoisotopic (exact) mass is 222 g/mol. The Morgan fingerprint density at radius 1 is 1.50 bits per heavy atom. The lowest BCUT2D eigenvalue weighted by Crippen LogP contribution is -2.37. The van der Waals surface area contributed by atoms with E-state index in [-0.39, 0.29) is 5.91 Å². The number of nitrogens with two attached hydrogens (primary N) is 1. The fraction of sp³-hybridized carbons (Fsp3) is 0.636. The second-order valence-electron chi connectivity index (χ2n) is 4.39. The number of anilines is 1. The summed E-state index contributed by atoms with van der Waals surface area (Å²) in [6.07, 6.45) is 5.86. The minimum absolute atomic E-state index is 0.0707. The van der Waals surface area contributed by atoms with E-state index in [1.807, 2.05) is 0 Å². The number of amides is 1. The van der Waals surface area contributed by atoms with Crippen LogP contribution in [0.2, 0.25) is 0 Å². The summed E-state index contributed by atoms with van der Waals surface area (Å²) in [7, 11) is 1.73. The van der Waals surface area contributed by atoms with Gasteiger partial charge in [-0.15, -0.1) is 0 Å². The first kappa shape index (κ1) is 11.0. The van der Waals surface area contributed by atoms with Crippen molar-refractivity contribution in [3.05, 3.63) is 11.8 Å². The molecular weight excluding hydrogens is 204 g/mol. The van der Waals surface area contributed by atoms with Crippen molar-refractivity contribution in [3.8, 4) is 0 Å². The predicted octanol–water partition coefficient (Wildman–Crippen LogP) is 1.06. The zero-order valence-corrected chi connectivity index (χ0v) is 9.57. The first-order valence-corrected chi connectivity index (χ1v) is 5.77. The van der Waals surface area contributed by atoms with Gasteiger partial charge in [-0.25, -0.2) is 0 Å². The fourth-order valence-corrected chi connectivity index (χ4v) is 2.21. The van der Waals surface area contributed by atoms with Gasteiger partial charge in [0.15, 0.2) is 0 Å². The second-order valence-corrected chi connectivity index (χ2v) is 4.39. The van der Waals surface area contributed by atoms with Crippen molar-refractivity contribution in [2.75, 3.05) is 5.73 Å². The highest BCUT2D eigenvalue weighted by Gasteiger charge is 2.18. The Morgan fingerprint density at radius 3 is 2.75 bits per heavy atom. The summed E-state index contributed by atoms with van der Waals surface area (Å²) in [5.41, 5.74) is 6.07. The molecule has 2 rings (SSSR count). The molecule has 0 spiro atoms. The summed E-state index contributed by atoms with van der Waals surface area (Å²) in [5, 5.41) is 6.99. The van der Waals surface area contributed by atoms with E-state index >= 15 is 0 Å². The van der Waals surface area contributed by atoms with Crippen molar-refractivity contribution in [2.24, 2.45) is 7.05 Å². The van der Waals surface area contributed by atoms with Crippen LogP contribution in [0.25, 0.3) is 0 Å². The van der Waals surface area contributed by atoms with Crippen LogP contribution >= 0.6 is 0 Å². The highest BCUT2D eigenvalue weighted by molar-refractivity contribution is 5.93. The number of rotatable bonds is 2. The van der Waals surface area contributed by atoms with E-state index in [0.29, 0.717) is 17.6 Å². The highest BCUT2D eigenvalue weighted by atomic mass is 16.2. The molecule has 5 nitrogen and oxygen atoms in total. The van der Waals surface area contributed by atoms with Crippen LogP contribution in [0, 0.1) is 0 Å². The lowest BCUT2D eigenvalue weighted by atomic mass is 9.95. The highest BCUT2D eigenvalue weighted by Crippen LogP contribution is 2.18. The van der Waals surface area contributed by atoms with E-state index in [1.54, 1.807) is 13.1 Å². The zero-order valence-electron chi connectivity index (χ0n) is 9.57. The van der Waals surface area contributed by atoms with Gasteiger partial charge in [0, 0.05) is 19.2 Å². The molecule has 0 radical (unpaired) electrons. The molecule has 1 aromatic rings. The van der Waals surface area contributed by atoms with Gasteiger partial charge in [0.2, 0.25) is 0 Å². The molecule has 0 bridgehead atoms. The number of hydrogen-bond acceptors (Lipinski definition) is 3. The molecule has 1 saturated carbocycles. The minimum atomic E-state index is -0.0707. The number of aromatic nitrogens is 2. The SMILES string of the molecule is Cn1nc(N)cc1C(=O)NC1CCCCC1. The van der Waals surface area contributed by atoms with Crippen molar-refractivity contribution in [1.82, 2.24) is 15.1 Å². The van der Waals surface area contributed by atoms with Crippen LogP contribution in [0.3, 0.4) is 0 Å². The van der Waals surface area contributed by atoms with Gasteiger partial charge in [-0.1, -0.05) is 19.3 Å². The number of hydrogen-bond donors (Lipinski definition) is 2. The topological polar surface area (TPSA) is 72.9 Å². The Kier molecular flexibility index (Phi) is 3.12. The number of nitrogens with zero attached hydrogens (tertiary/aromatic N) is 2. The summed E-state index contributed by atoms with van der Waals surface area (Å²) in [4.78, 5) is 11.9. The molecule has 1 aromatic heterocycles. The maximum atomic E-state index is 11.9. The summed E-state index contributed by atoms with van der Waals surface area (Å²) in [6.45, 7) is 0. The third-order valence-corrected chi connectivity index (χ3v) is 3.07. The van der Waals surface area contributed by atoms with Gasteiger partial charge in [0.05, 0.1) is 0 Å². The summed E-state index contributed by atoms with van der Waals surface area (Å²) < 4.78 is 1.52. The van der Waals surface area contributed by atoms with Crippen molar-refractivity contribution in [2.45, 2.75) is 38.1 Å². The van der Waals surface area contributed by atoms with Crippen LogP contribution in [0.15, 0.2) is 6.07 Å². The number of carbonyl (C=O) groups excluding carboxylic acids is 1. The molecule has 88 valence electrons. The molecule has 1 aliphatic rings. The normalized spacial score (nSPS) is 17.3. The van der Waals surface area contributed by atoms with Crippen molar-refractivity contribution in [3.63, 3.8) is 0 Å². The van der Waals surface area contributed by atoms with Crippen molar-refractivity contribution in [1.29, 1.82) is 0 Å². The third kappa shape index (κ3) is 2.35. The zero-order chi connectivity index (χ0) is 11.5. The van der Waals surface area contributed by atoms with Gasteiger partial charge in [-0.2, -0.15) is 5.10 Å². The standard InChI is InChI=1S/C11H18N4O/c1-15-9(7-10(12)14-15)11(16)13-8-5-3-2-4-6-8/h7-8H,2-6H2,1H3,(H2,12,14)(H,13,16). The maximum Gasteiger partial charge on any atom is 0.269 e. The van der Waals surface area contributed by atoms with Crippen LogP contribution < -0.4 is 11.1 Å². The average molecular weight is 222 g/mol. The quantitative estimate of drug-likeness (QED) is 0.786. The summed E-state index contributed by atoms with van der Waals surface area (Å²) in [5.74, 6) is 0.315. The molecule has 0 unspecified atom stereocenters. The largest absolute Gasteiger partial charge is 0.382 e. The fourth-order valence-electron chi connectivity index (χ4n) is 2.21. The summed E-state index contributed by atoms with van der Waals surface area (Å²) >= 11 is 0. The van der Waals surface area contributed by atoms with E-state index in [9.17, 15) is 4.79 Å². The lowest BCUT2D eigenvalue weighted by Gasteiger charge is -2.22. The van der Waals surface area contributed by atoms with Crippen molar-refractivity contribution >= 4 is 11.7 Å². The van der Waals surface area contributed by atoms with Gasteiger partial charge < -0.3 is 11.1 Å². The number of aryl methyl sites for hydroxylation is 1. The minimum Gasteiger partial charge on any atom is -0.382 e. The van der Waals surface area contributed by atoms with Gasteiger partial charge in [0.25, 0.3) is 5.91 Å². The Balaban J connectivity index is 1.99. The number of nitrogen functional groups attached to an aromatic ring is 1. The molecule has 16 heavy (non-hydrogen) atoms. The maximum absolute atomic E-state index is 11.9. The van der Waals surface area contributed by atoms with Crippen LogP contribution in [0.5, 0.6) is 0 Å². The molecule has 1 aliphatic carbocycles. The molecule has 0 atom stereocenters. The number of nitrogens with one attached hydrogen (secondary N) is 1. The van der Waals surface area contributed by atoms with Crippen LogP contribution in [-0.4, -0.2) is 21.7 Å². The van der Waals surface area contributed by atoms with Crippen LogP contribution in [-0.2, 0) is 7.05 Å². The van der Waals surface area contributed by atoms with Gasteiger partial charge in [0.1, 0.15) is 11.5 Å². The van der Waals surface area contributed by atoms with E-state index in [1.165, 1.54) is 23.9 Å². The molecule has 1 heterocycles. The molecule has 0 saturated heterocycles. The Hall–Kier alpha value is -1.52. The van der Waals surface area contributed by atoms with Crippen molar-refractivity contribution < 1.29 is 4.79 Å². The molecule has 0 aromatic carbocycles.